The maximum Gasteiger partial charge on any atom is 0.335 e. The fourth-order valence-corrected chi connectivity index (χ4v) is 0.777. The normalized spacial score (nSPS) is 15.9. The van der Waals surface area contributed by atoms with E-state index in [-0.39, 0.29) is 0 Å². The molecule has 13 heavy (non-hydrogen) atoms. The average molecular weight is 209 g/mol. The van der Waals surface area contributed by atoms with Gasteiger partial charge >= 0.3 is 11.6 Å². The van der Waals surface area contributed by atoms with Crippen LogP contribution in [0.3, 0.4) is 0 Å². The molecule has 1 rings (SSSR count). The van der Waals surface area contributed by atoms with Crippen LogP contribution in [0.4, 0.5) is 0 Å². The molecule has 0 spiro atoms. The lowest BCUT2D eigenvalue weighted by Crippen LogP contribution is -2.40. The third kappa shape index (κ3) is 18.6. The SMILES string of the molecule is CN1CCNCC1.CNC.O=S=O. The van der Waals surface area contributed by atoms with Gasteiger partial charge in [0.05, 0.1) is 0 Å². The van der Waals surface area contributed by atoms with Crippen LogP contribution in [0.15, 0.2) is 0 Å². The summed E-state index contributed by atoms with van der Waals surface area (Å²) in [7, 11) is 5.90. The van der Waals surface area contributed by atoms with Crippen LogP contribution in [0.1, 0.15) is 0 Å². The van der Waals surface area contributed by atoms with Gasteiger partial charge in [-0.1, -0.05) is 0 Å². The van der Waals surface area contributed by atoms with Crippen molar-refractivity contribution >= 4 is 11.6 Å². The molecular weight excluding hydrogens is 190 g/mol. The lowest BCUT2D eigenvalue weighted by atomic mass is 10.4. The second-order valence-corrected chi connectivity index (χ2v) is 2.76. The summed E-state index contributed by atoms with van der Waals surface area (Å²) in [4.78, 5) is 2.33. The van der Waals surface area contributed by atoms with Gasteiger partial charge in [-0.25, -0.2) is 0 Å². The highest BCUT2D eigenvalue weighted by Crippen LogP contribution is 1.82. The van der Waals surface area contributed by atoms with Crippen LogP contribution in [-0.4, -0.2) is 60.6 Å². The summed E-state index contributed by atoms with van der Waals surface area (Å²) in [6, 6.07) is 0. The van der Waals surface area contributed by atoms with E-state index in [0.717, 1.165) is 13.1 Å². The Morgan fingerprint density at radius 3 is 1.69 bits per heavy atom. The molecule has 5 nitrogen and oxygen atoms in total. The highest BCUT2D eigenvalue weighted by Gasteiger charge is 2.01. The predicted molar refractivity (Wildman–Crippen MR) is 54.3 cm³/mol. The van der Waals surface area contributed by atoms with Gasteiger partial charge in [-0.2, -0.15) is 8.42 Å². The zero-order chi connectivity index (χ0) is 10.5. The minimum Gasteiger partial charge on any atom is -0.323 e. The molecule has 2 N–H and O–H groups in total. The van der Waals surface area contributed by atoms with E-state index in [9.17, 15) is 0 Å². The quantitative estimate of drug-likeness (QED) is 0.518. The van der Waals surface area contributed by atoms with E-state index < -0.39 is 11.6 Å². The average Bonchev–Trinajstić information content (AvgIpc) is 2.08. The molecule has 1 saturated heterocycles. The number of likely N-dealkylation sites (N-methyl/N-ethyl adjacent to an activating group) is 1. The van der Waals surface area contributed by atoms with Gasteiger partial charge in [0.15, 0.2) is 0 Å². The molecule has 0 saturated carbocycles. The van der Waals surface area contributed by atoms with Crippen molar-refractivity contribution in [3.63, 3.8) is 0 Å². The van der Waals surface area contributed by atoms with Crippen molar-refractivity contribution in [1.82, 2.24) is 15.5 Å². The standard InChI is InChI=1S/C5H12N2.C2H7N.O2S/c1-7-4-2-6-3-5-7;2*1-3-2/h6H,2-5H2,1H3;3H,1-2H3;. The van der Waals surface area contributed by atoms with Crippen LogP contribution in [0.5, 0.6) is 0 Å². The molecule has 0 radical (unpaired) electrons. The molecule has 1 fully saturated rings. The van der Waals surface area contributed by atoms with Crippen LogP contribution < -0.4 is 10.6 Å². The van der Waals surface area contributed by atoms with E-state index in [0.29, 0.717) is 0 Å². The molecule has 80 valence electrons. The summed E-state index contributed by atoms with van der Waals surface area (Å²) in [6.07, 6.45) is 0. The van der Waals surface area contributed by atoms with E-state index in [1.807, 2.05) is 14.1 Å². The van der Waals surface area contributed by atoms with Crippen molar-refractivity contribution in [2.24, 2.45) is 0 Å². The van der Waals surface area contributed by atoms with Gasteiger partial charge in [0.1, 0.15) is 0 Å². The smallest absolute Gasteiger partial charge is 0.323 e. The third-order valence-electron chi connectivity index (χ3n) is 1.34. The number of piperazine rings is 1. The van der Waals surface area contributed by atoms with Crippen molar-refractivity contribution in [3.8, 4) is 0 Å². The Kier molecular flexibility index (Phi) is 16.6. The second kappa shape index (κ2) is 14.2. The first-order valence-electron chi connectivity index (χ1n) is 4.12. The molecule has 0 atom stereocenters. The molecule has 0 aromatic heterocycles. The summed E-state index contributed by atoms with van der Waals surface area (Å²) < 4.78 is 16.6. The monoisotopic (exact) mass is 209 g/mol. The number of hydrogen-bond donors (Lipinski definition) is 2. The summed E-state index contributed by atoms with van der Waals surface area (Å²) in [5.41, 5.74) is 0. The zero-order valence-corrected chi connectivity index (χ0v) is 9.32. The maximum absolute atomic E-state index is 8.29. The third-order valence-corrected chi connectivity index (χ3v) is 1.34. The van der Waals surface area contributed by atoms with Gasteiger partial charge in [-0.15, -0.1) is 0 Å². The maximum atomic E-state index is 8.29. The van der Waals surface area contributed by atoms with Crippen LogP contribution in [-0.2, 0) is 11.6 Å². The number of nitrogens with one attached hydrogen (secondary N) is 2. The first-order valence-corrected chi connectivity index (χ1v) is 4.79. The fraction of sp³-hybridized carbons (Fsp3) is 1.00. The lowest BCUT2D eigenvalue weighted by Gasteiger charge is -2.21. The Bertz CT molecular complexity index is 123. The minimum absolute atomic E-state index is 0.750. The molecule has 0 aromatic rings. The first kappa shape index (κ1) is 15.2. The van der Waals surface area contributed by atoms with Crippen molar-refractivity contribution in [3.05, 3.63) is 0 Å². The molecule has 6 heteroatoms. The van der Waals surface area contributed by atoms with Gasteiger partial charge in [0, 0.05) is 26.2 Å². The highest BCUT2D eigenvalue weighted by molar-refractivity contribution is 7.51. The first-order chi connectivity index (χ1) is 6.22. The molecule has 1 heterocycles. The van der Waals surface area contributed by atoms with Crippen LogP contribution in [0.2, 0.25) is 0 Å². The second-order valence-electron chi connectivity index (χ2n) is 2.62. The Hall–Kier alpha value is -0.300. The summed E-state index contributed by atoms with van der Waals surface area (Å²) in [6.45, 7) is 4.74. The van der Waals surface area contributed by atoms with E-state index in [2.05, 4.69) is 22.6 Å². The Balaban J connectivity index is 0. The van der Waals surface area contributed by atoms with Gasteiger partial charge in [-0.3, -0.25) is 0 Å². The molecule has 0 amide bonds. The number of nitrogens with zero attached hydrogens (tertiary/aromatic N) is 1. The van der Waals surface area contributed by atoms with E-state index >= 15 is 0 Å². The molecule has 0 aromatic carbocycles. The Morgan fingerprint density at radius 2 is 1.54 bits per heavy atom. The molecule has 0 unspecified atom stereocenters. The summed E-state index contributed by atoms with van der Waals surface area (Å²) >= 11 is -0.750. The molecule has 0 aliphatic carbocycles. The predicted octanol–water partition coefficient (Wildman–Crippen LogP) is -1.31. The van der Waals surface area contributed by atoms with Crippen molar-refractivity contribution in [1.29, 1.82) is 0 Å². The van der Waals surface area contributed by atoms with E-state index in [1.54, 1.807) is 0 Å². The molecule has 1 aliphatic heterocycles. The van der Waals surface area contributed by atoms with Gasteiger partial charge in [-0.05, 0) is 21.1 Å². The van der Waals surface area contributed by atoms with Crippen molar-refractivity contribution < 1.29 is 8.42 Å². The fourth-order valence-electron chi connectivity index (χ4n) is 0.777. The Morgan fingerprint density at radius 1 is 1.23 bits per heavy atom. The largest absolute Gasteiger partial charge is 0.335 e. The van der Waals surface area contributed by atoms with Crippen LogP contribution in [0, 0.1) is 0 Å². The zero-order valence-electron chi connectivity index (χ0n) is 8.50. The summed E-state index contributed by atoms with van der Waals surface area (Å²) in [5, 5.41) is 6.02. The Labute approximate surface area is 83.5 Å². The topological polar surface area (TPSA) is 61.4 Å². The highest BCUT2D eigenvalue weighted by atomic mass is 32.1. The number of rotatable bonds is 0. The van der Waals surface area contributed by atoms with Crippen molar-refractivity contribution in [2.45, 2.75) is 0 Å². The minimum atomic E-state index is -0.750. The molecule has 1 aliphatic rings. The van der Waals surface area contributed by atoms with E-state index in [4.69, 9.17) is 8.42 Å². The van der Waals surface area contributed by atoms with Crippen LogP contribution in [0.25, 0.3) is 0 Å². The molecular formula is C7H19N3O2S. The van der Waals surface area contributed by atoms with Crippen molar-refractivity contribution in [2.75, 3.05) is 47.3 Å². The lowest BCUT2D eigenvalue weighted by molar-refractivity contribution is 0.291. The van der Waals surface area contributed by atoms with Crippen LogP contribution >= 0.6 is 0 Å². The molecule has 0 bridgehead atoms. The number of hydrogen-bond acceptors (Lipinski definition) is 5. The summed E-state index contributed by atoms with van der Waals surface area (Å²) in [5.74, 6) is 0. The van der Waals surface area contributed by atoms with Gasteiger partial charge in [0.25, 0.3) is 0 Å². The van der Waals surface area contributed by atoms with Gasteiger partial charge < -0.3 is 15.5 Å². The van der Waals surface area contributed by atoms with E-state index in [1.165, 1.54) is 13.1 Å². The van der Waals surface area contributed by atoms with Gasteiger partial charge in [0.2, 0.25) is 0 Å².